The molecule has 0 aromatic heterocycles. The van der Waals surface area contributed by atoms with Crippen molar-refractivity contribution >= 4 is 34.8 Å². The molecule has 1 aliphatic carbocycles. The number of rotatable bonds is 3. The van der Waals surface area contributed by atoms with Crippen molar-refractivity contribution in [3.05, 3.63) is 28.2 Å². The third kappa shape index (κ3) is 3.12. The molecule has 0 aliphatic heterocycles. The molecule has 1 aromatic carbocycles. The lowest BCUT2D eigenvalue weighted by Gasteiger charge is -2.37. The number of amides is 1. The second-order valence-electron chi connectivity index (χ2n) is 4.57. The summed E-state index contributed by atoms with van der Waals surface area (Å²) in [7, 11) is 0. The van der Waals surface area contributed by atoms with Gasteiger partial charge in [0.2, 0.25) is 5.91 Å². The van der Waals surface area contributed by atoms with E-state index in [1.807, 2.05) is 0 Å². The topological polar surface area (TPSA) is 55.1 Å². The number of carbonyl (C=O) groups excluding carboxylic acids is 1. The van der Waals surface area contributed by atoms with Crippen molar-refractivity contribution in [1.82, 2.24) is 0 Å². The second-order valence-corrected chi connectivity index (χ2v) is 5.41. The zero-order valence-electron chi connectivity index (χ0n) is 9.30. The molecule has 0 radical (unpaired) electrons. The summed E-state index contributed by atoms with van der Waals surface area (Å²) in [5, 5.41) is 3.75. The summed E-state index contributed by atoms with van der Waals surface area (Å²) in [6, 6.07) is 4.96. The van der Waals surface area contributed by atoms with Crippen molar-refractivity contribution in [3.8, 4) is 0 Å². The number of halogens is 2. The van der Waals surface area contributed by atoms with Crippen molar-refractivity contribution in [1.29, 1.82) is 0 Å². The Morgan fingerprint density at radius 1 is 1.41 bits per heavy atom. The van der Waals surface area contributed by atoms with Crippen LogP contribution >= 0.6 is 23.2 Å². The van der Waals surface area contributed by atoms with Crippen molar-refractivity contribution in [2.24, 2.45) is 5.73 Å². The SMILES string of the molecule is NC1(CC(=O)Nc2cc(Cl)ccc2Cl)CCC1. The summed E-state index contributed by atoms with van der Waals surface area (Å²) >= 11 is 11.8. The molecule has 92 valence electrons. The fraction of sp³-hybridized carbons (Fsp3) is 0.417. The highest BCUT2D eigenvalue weighted by atomic mass is 35.5. The molecule has 0 atom stereocenters. The number of nitrogens with two attached hydrogens (primary N) is 1. The third-order valence-corrected chi connectivity index (χ3v) is 3.63. The minimum atomic E-state index is -0.324. The summed E-state index contributed by atoms with van der Waals surface area (Å²) < 4.78 is 0. The standard InChI is InChI=1S/C12H14Cl2N2O/c13-8-2-3-9(14)10(6-8)16-11(17)7-12(15)4-1-5-12/h2-3,6H,1,4-5,7,15H2,(H,16,17). The Labute approximate surface area is 110 Å². The maximum Gasteiger partial charge on any atom is 0.226 e. The Balaban J connectivity index is 2.00. The van der Waals surface area contributed by atoms with Gasteiger partial charge in [0, 0.05) is 17.0 Å². The van der Waals surface area contributed by atoms with Gasteiger partial charge in [-0.25, -0.2) is 0 Å². The van der Waals surface area contributed by atoms with E-state index in [1.165, 1.54) is 0 Å². The summed E-state index contributed by atoms with van der Waals surface area (Å²) in [4.78, 5) is 11.8. The fourth-order valence-electron chi connectivity index (χ4n) is 1.92. The van der Waals surface area contributed by atoms with Crippen LogP contribution in [0.15, 0.2) is 18.2 Å². The highest BCUT2D eigenvalue weighted by Crippen LogP contribution is 2.33. The number of carbonyl (C=O) groups is 1. The van der Waals surface area contributed by atoms with E-state index < -0.39 is 0 Å². The van der Waals surface area contributed by atoms with Gasteiger partial charge in [-0.2, -0.15) is 0 Å². The number of hydrogen-bond acceptors (Lipinski definition) is 2. The van der Waals surface area contributed by atoms with Crippen LogP contribution in [-0.2, 0) is 4.79 Å². The summed E-state index contributed by atoms with van der Waals surface area (Å²) in [6.07, 6.45) is 3.24. The van der Waals surface area contributed by atoms with Gasteiger partial charge in [-0.3, -0.25) is 4.79 Å². The minimum absolute atomic E-state index is 0.114. The van der Waals surface area contributed by atoms with Crippen molar-refractivity contribution in [2.45, 2.75) is 31.2 Å². The Kier molecular flexibility index (Phi) is 3.61. The molecule has 0 saturated heterocycles. The molecule has 5 heteroatoms. The number of benzene rings is 1. The average Bonchev–Trinajstić information content (AvgIpc) is 2.21. The van der Waals surface area contributed by atoms with Crippen molar-refractivity contribution < 1.29 is 4.79 Å². The molecule has 0 spiro atoms. The predicted molar refractivity (Wildman–Crippen MR) is 70.5 cm³/mol. The van der Waals surface area contributed by atoms with E-state index in [4.69, 9.17) is 28.9 Å². The van der Waals surface area contributed by atoms with Gasteiger partial charge in [-0.05, 0) is 37.5 Å². The van der Waals surface area contributed by atoms with Crippen molar-refractivity contribution in [2.75, 3.05) is 5.32 Å². The molecule has 3 nitrogen and oxygen atoms in total. The van der Waals surface area contributed by atoms with Crippen LogP contribution in [0.1, 0.15) is 25.7 Å². The highest BCUT2D eigenvalue weighted by Gasteiger charge is 2.34. The normalized spacial score (nSPS) is 17.4. The van der Waals surface area contributed by atoms with Crippen LogP contribution in [0, 0.1) is 0 Å². The molecule has 1 fully saturated rings. The molecule has 1 amide bonds. The van der Waals surface area contributed by atoms with E-state index in [9.17, 15) is 4.79 Å². The van der Waals surface area contributed by atoms with Crippen LogP contribution in [0.2, 0.25) is 10.0 Å². The van der Waals surface area contributed by atoms with Gasteiger partial charge < -0.3 is 11.1 Å². The third-order valence-electron chi connectivity index (χ3n) is 3.06. The molecule has 1 aromatic rings. The molecular weight excluding hydrogens is 259 g/mol. The van der Waals surface area contributed by atoms with Gasteiger partial charge in [0.05, 0.1) is 10.7 Å². The molecule has 2 rings (SSSR count). The lowest BCUT2D eigenvalue weighted by atomic mass is 9.75. The molecule has 17 heavy (non-hydrogen) atoms. The van der Waals surface area contributed by atoms with E-state index in [1.54, 1.807) is 18.2 Å². The second kappa shape index (κ2) is 4.84. The average molecular weight is 273 g/mol. The lowest BCUT2D eigenvalue weighted by Crippen LogP contribution is -2.48. The largest absolute Gasteiger partial charge is 0.325 e. The molecule has 0 heterocycles. The van der Waals surface area contributed by atoms with Gasteiger partial charge in [0.1, 0.15) is 0 Å². The van der Waals surface area contributed by atoms with E-state index in [0.29, 0.717) is 22.2 Å². The first-order valence-corrected chi connectivity index (χ1v) is 6.28. The molecule has 1 aliphatic rings. The van der Waals surface area contributed by atoms with Gasteiger partial charge in [0.15, 0.2) is 0 Å². The molecule has 0 bridgehead atoms. The van der Waals surface area contributed by atoms with Crippen LogP contribution in [0.5, 0.6) is 0 Å². The number of hydrogen-bond donors (Lipinski definition) is 2. The van der Waals surface area contributed by atoms with Crippen LogP contribution in [0.25, 0.3) is 0 Å². The van der Waals surface area contributed by atoms with Crippen LogP contribution in [0.3, 0.4) is 0 Å². The Hall–Kier alpha value is -0.770. The van der Waals surface area contributed by atoms with E-state index in [-0.39, 0.29) is 11.4 Å². The Morgan fingerprint density at radius 2 is 2.12 bits per heavy atom. The fourth-order valence-corrected chi connectivity index (χ4v) is 2.25. The number of anilines is 1. The maximum atomic E-state index is 11.8. The van der Waals surface area contributed by atoms with Crippen LogP contribution in [0.4, 0.5) is 5.69 Å². The van der Waals surface area contributed by atoms with Gasteiger partial charge >= 0.3 is 0 Å². The first kappa shape index (κ1) is 12.7. The minimum Gasteiger partial charge on any atom is -0.325 e. The van der Waals surface area contributed by atoms with Crippen LogP contribution in [-0.4, -0.2) is 11.4 Å². The lowest BCUT2D eigenvalue weighted by molar-refractivity contribution is -0.118. The molecular formula is C12H14Cl2N2O. The number of nitrogens with one attached hydrogen (secondary N) is 1. The summed E-state index contributed by atoms with van der Waals surface area (Å²) in [6.45, 7) is 0. The Morgan fingerprint density at radius 3 is 2.71 bits per heavy atom. The van der Waals surface area contributed by atoms with E-state index in [2.05, 4.69) is 5.32 Å². The quantitative estimate of drug-likeness (QED) is 0.888. The zero-order chi connectivity index (χ0) is 12.5. The van der Waals surface area contributed by atoms with E-state index in [0.717, 1.165) is 19.3 Å². The molecule has 1 saturated carbocycles. The smallest absolute Gasteiger partial charge is 0.226 e. The predicted octanol–water partition coefficient (Wildman–Crippen LogP) is 3.20. The molecule has 0 unspecified atom stereocenters. The Bertz CT molecular complexity index is 444. The van der Waals surface area contributed by atoms with E-state index >= 15 is 0 Å². The first-order valence-electron chi connectivity index (χ1n) is 5.52. The van der Waals surface area contributed by atoms with Gasteiger partial charge in [-0.1, -0.05) is 23.2 Å². The monoisotopic (exact) mass is 272 g/mol. The summed E-state index contributed by atoms with van der Waals surface area (Å²) in [5.41, 5.74) is 6.22. The van der Waals surface area contributed by atoms with Crippen molar-refractivity contribution in [3.63, 3.8) is 0 Å². The van der Waals surface area contributed by atoms with Gasteiger partial charge in [0.25, 0.3) is 0 Å². The maximum absolute atomic E-state index is 11.8. The first-order chi connectivity index (χ1) is 7.98. The zero-order valence-corrected chi connectivity index (χ0v) is 10.8. The summed E-state index contributed by atoms with van der Waals surface area (Å²) in [5.74, 6) is -0.114. The van der Waals surface area contributed by atoms with Crippen LogP contribution < -0.4 is 11.1 Å². The van der Waals surface area contributed by atoms with Gasteiger partial charge in [-0.15, -0.1) is 0 Å². The highest BCUT2D eigenvalue weighted by molar-refractivity contribution is 6.35. The molecule has 3 N–H and O–H groups in total.